The lowest BCUT2D eigenvalue weighted by Crippen LogP contribution is -2.30. The molecular formula is C18H18Cl2N2O. The van der Waals surface area contributed by atoms with Gasteiger partial charge >= 0.3 is 0 Å². The maximum Gasteiger partial charge on any atom is 0.238 e. The first kappa shape index (κ1) is 17.5. The van der Waals surface area contributed by atoms with E-state index in [4.69, 9.17) is 23.2 Å². The zero-order valence-electron chi connectivity index (χ0n) is 12.8. The van der Waals surface area contributed by atoms with E-state index in [2.05, 4.69) is 5.32 Å². The number of nitrogens with one attached hydrogen (secondary N) is 1. The Labute approximate surface area is 146 Å². The van der Waals surface area contributed by atoms with Crippen LogP contribution in [0.25, 0.3) is 6.08 Å². The monoisotopic (exact) mass is 348 g/mol. The first-order chi connectivity index (χ1) is 11.1. The van der Waals surface area contributed by atoms with Crippen molar-refractivity contribution in [3.05, 3.63) is 70.2 Å². The molecule has 0 aliphatic heterocycles. The van der Waals surface area contributed by atoms with Crippen molar-refractivity contribution in [2.24, 2.45) is 0 Å². The van der Waals surface area contributed by atoms with Crippen molar-refractivity contribution < 1.29 is 4.79 Å². The third-order valence-corrected chi connectivity index (χ3v) is 3.80. The van der Waals surface area contributed by atoms with Gasteiger partial charge in [0.15, 0.2) is 0 Å². The smallest absolute Gasteiger partial charge is 0.238 e. The van der Waals surface area contributed by atoms with Gasteiger partial charge in [0.1, 0.15) is 0 Å². The van der Waals surface area contributed by atoms with E-state index >= 15 is 0 Å². The van der Waals surface area contributed by atoms with E-state index in [1.807, 2.05) is 54.4 Å². The quantitative estimate of drug-likeness (QED) is 0.828. The molecule has 0 radical (unpaired) electrons. The van der Waals surface area contributed by atoms with Crippen LogP contribution in [-0.2, 0) is 4.79 Å². The summed E-state index contributed by atoms with van der Waals surface area (Å²) in [6.07, 6.45) is 4.05. The number of anilines is 1. The number of nitrogens with zero attached hydrogens (tertiary/aromatic N) is 1. The number of carbonyl (C=O) groups excluding carboxylic acids is 1. The molecule has 1 N–H and O–H groups in total. The molecule has 23 heavy (non-hydrogen) atoms. The Hall–Kier alpha value is -1.81. The first-order valence-electron chi connectivity index (χ1n) is 7.20. The number of amides is 1. The third-order valence-electron chi connectivity index (χ3n) is 3.17. The molecule has 0 aromatic heterocycles. The molecule has 0 aliphatic rings. The van der Waals surface area contributed by atoms with Gasteiger partial charge in [0.2, 0.25) is 5.91 Å². The highest BCUT2D eigenvalue weighted by atomic mass is 35.5. The van der Waals surface area contributed by atoms with E-state index in [9.17, 15) is 4.79 Å². The normalized spacial score (nSPS) is 11.1. The van der Waals surface area contributed by atoms with E-state index in [-0.39, 0.29) is 12.5 Å². The van der Waals surface area contributed by atoms with Crippen LogP contribution in [-0.4, -0.2) is 30.9 Å². The molecule has 120 valence electrons. The maximum absolute atomic E-state index is 12.1. The summed E-state index contributed by atoms with van der Waals surface area (Å²) in [7, 11) is 1.88. The van der Waals surface area contributed by atoms with Gasteiger partial charge in [-0.25, -0.2) is 0 Å². The van der Waals surface area contributed by atoms with Gasteiger partial charge in [-0.2, -0.15) is 0 Å². The van der Waals surface area contributed by atoms with Crippen molar-refractivity contribution in [3.63, 3.8) is 0 Å². The summed E-state index contributed by atoms with van der Waals surface area (Å²) >= 11 is 12.1. The summed E-state index contributed by atoms with van der Waals surface area (Å²) in [5, 5.41) is 3.61. The minimum atomic E-state index is -0.157. The SMILES string of the molecule is CN(C/C=C/c1ccccc1)CC(=O)Nc1c(Cl)cccc1Cl. The second-order valence-corrected chi connectivity index (χ2v) is 5.97. The molecule has 0 bridgehead atoms. The van der Waals surface area contributed by atoms with Crippen molar-refractivity contribution in [1.82, 2.24) is 4.90 Å². The molecule has 0 spiro atoms. The summed E-state index contributed by atoms with van der Waals surface area (Å²) < 4.78 is 0. The Balaban J connectivity index is 1.84. The molecule has 0 atom stereocenters. The lowest BCUT2D eigenvalue weighted by Gasteiger charge is -2.15. The van der Waals surface area contributed by atoms with E-state index in [1.165, 1.54) is 0 Å². The number of hydrogen-bond donors (Lipinski definition) is 1. The van der Waals surface area contributed by atoms with Gasteiger partial charge in [-0.05, 0) is 24.7 Å². The molecular weight excluding hydrogens is 331 g/mol. The van der Waals surface area contributed by atoms with E-state index < -0.39 is 0 Å². The van der Waals surface area contributed by atoms with Gasteiger partial charge in [-0.15, -0.1) is 0 Å². The van der Waals surface area contributed by atoms with Crippen molar-refractivity contribution in [2.75, 3.05) is 25.5 Å². The topological polar surface area (TPSA) is 32.3 Å². The number of likely N-dealkylation sites (N-methyl/N-ethyl adjacent to an activating group) is 1. The van der Waals surface area contributed by atoms with Gasteiger partial charge in [-0.1, -0.05) is 71.8 Å². The predicted octanol–water partition coefficient (Wildman–Crippen LogP) is 4.58. The maximum atomic E-state index is 12.1. The van der Waals surface area contributed by atoms with E-state index in [0.29, 0.717) is 22.3 Å². The zero-order valence-corrected chi connectivity index (χ0v) is 14.3. The second kappa shape index (κ2) is 8.73. The Kier molecular flexibility index (Phi) is 6.66. The van der Waals surface area contributed by atoms with Crippen molar-refractivity contribution in [1.29, 1.82) is 0 Å². The van der Waals surface area contributed by atoms with Crippen LogP contribution >= 0.6 is 23.2 Å². The fourth-order valence-electron chi connectivity index (χ4n) is 2.04. The minimum Gasteiger partial charge on any atom is -0.322 e. The molecule has 0 saturated heterocycles. The van der Waals surface area contributed by atoms with Gasteiger partial charge in [0, 0.05) is 6.54 Å². The average Bonchev–Trinajstić information content (AvgIpc) is 2.52. The molecule has 2 aromatic rings. The van der Waals surface area contributed by atoms with Gasteiger partial charge in [0.25, 0.3) is 0 Å². The summed E-state index contributed by atoms with van der Waals surface area (Å²) in [4.78, 5) is 14.0. The van der Waals surface area contributed by atoms with Gasteiger partial charge < -0.3 is 5.32 Å². The first-order valence-corrected chi connectivity index (χ1v) is 7.96. The van der Waals surface area contributed by atoms with Crippen molar-refractivity contribution in [3.8, 4) is 0 Å². The number of para-hydroxylation sites is 1. The number of rotatable bonds is 6. The van der Waals surface area contributed by atoms with Crippen LogP contribution < -0.4 is 5.32 Å². The van der Waals surface area contributed by atoms with Gasteiger partial charge in [0.05, 0.1) is 22.3 Å². The molecule has 0 saturated carbocycles. The molecule has 0 unspecified atom stereocenters. The average molecular weight is 349 g/mol. The minimum absolute atomic E-state index is 0.157. The Morgan fingerprint density at radius 3 is 2.39 bits per heavy atom. The standard InChI is InChI=1S/C18H18Cl2N2O/c1-22(12-6-9-14-7-3-2-4-8-14)13-17(23)21-18-15(19)10-5-11-16(18)20/h2-11H,12-13H2,1H3,(H,21,23)/b9-6+. The number of halogens is 2. The number of carbonyl (C=O) groups is 1. The molecule has 2 aromatic carbocycles. The predicted molar refractivity (Wildman–Crippen MR) is 98.1 cm³/mol. The van der Waals surface area contributed by atoms with Crippen LogP contribution in [0.3, 0.4) is 0 Å². The van der Waals surface area contributed by atoms with Crippen LogP contribution in [0.2, 0.25) is 10.0 Å². The number of benzene rings is 2. The Morgan fingerprint density at radius 1 is 1.09 bits per heavy atom. The lowest BCUT2D eigenvalue weighted by atomic mass is 10.2. The fraction of sp³-hybridized carbons (Fsp3) is 0.167. The van der Waals surface area contributed by atoms with Crippen molar-refractivity contribution in [2.45, 2.75) is 0 Å². The summed E-state index contributed by atoms with van der Waals surface area (Å²) in [5.74, 6) is -0.157. The van der Waals surface area contributed by atoms with Crippen LogP contribution in [0.5, 0.6) is 0 Å². The van der Waals surface area contributed by atoms with Crippen LogP contribution in [0, 0.1) is 0 Å². The molecule has 0 aliphatic carbocycles. The summed E-state index contributed by atoms with van der Waals surface area (Å²) in [6, 6.07) is 15.1. The summed E-state index contributed by atoms with van der Waals surface area (Å²) in [5.41, 5.74) is 1.59. The zero-order chi connectivity index (χ0) is 16.7. The third kappa shape index (κ3) is 5.71. The Bertz CT molecular complexity index is 666. The fourth-order valence-corrected chi connectivity index (χ4v) is 2.53. The highest BCUT2D eigenvalue weighted by molar-refractivity contribution is 6.39. The number of hydrogen-bond acceptors (Lipinski definition) is 2. The molecule has 0 heterocycles. The van der Waals surface area contributed by atoms with E-state index in [0.717, 1.165) is 5.56 Å². The molecule has 0 fully saturated rings. The van der Waals surface area contributed by atoms with Crippen LogP contribution in [0.1, 0.15) is 5.56 Å². The Morgan fingerprint density at radius 2 is 1.74 bits per heavy atom. The van der Waals surface area contributed by atoms with Crippen molar-refractivity contribution >= 4 is 40.9 Å². The molecule has 5 heteroatoms. The summed E-state index contributed by atoms with van der Waals surface area (Å²) in [6.45, 7) is 0.916. The highest BCUT2D eigenvalue weighted by Crippen LogP contribution is 2.29. The highest BCUT2D eigenvalue weighted by Gasteiger charge is 2.10. The molecule has 2 rings (SSSR count). The lowest BCUT2D eigenvalue weighted by molar-refractivity contribution is -0.116. The largest absolute Gasteiger partial charge is 0.322 e. The van der Waals surface area contributed by atoms with Gasteiger partial charge in [-0.3, -0.25) is 9.69 Å². The van der Waals surface area contributed by atoms with Crippen LogP contribution in [0.15, 0.2) is 54.6 Å². The second-order valence-electron chi connectivity index (χ2n) is 5.15. The van der Waals surface area contributed by atoms with Crippen LogP contribution in [0.4, 0.5) is 5.69 Å². The van der Waals surface area contributed by atoms with E-state index in [1.54, 1.807) is 18.2 Å². The molecule has 1 amide bonds. The molecule has 3 nitrogen and oxygen atoms in total.